The number of halogens is 1. The first-order chi connectivity index (χ1) is 7.27. The van der Waals surface area contributed by atoms with E-state index in [4.69, 9.17) is 4.74 Å². The SMILES string of the molecule is CCc1cc(Br)ccc1NCCCOC. The number of ether oxygens (including phenoxy) is 1. The van der Waals surface area contributed by atoms with Gasteiger partial charge in [-0.05, 0) is 36.6 Å². The first-order valence-electron chi connectivity index (χ1n) is 5.29. The highest BCUT2D eigenvalue weighted by molar-refractivity contribution is 9.10. The Hall–Kier alpha value is -0.540. The van der Waals surface area contributed by atoms with Gasteiger partial charge in [0, 0.05) is 30.4 Å². The van der Waals surface area contributed by atoms with Crippen molar-refractivity contribution >= 4 is 21.6 Å². The summed E-state index contributed by atoms with van der Waals surface area (Å²) in [5.74, 6) is 0. The van der Waals surface area contributed by atoms with Gasteiger partial charge in [0.15, 0.2) is 0 Å². The molecule has 15 heavy (non-hydrogen) atoms. The predicted octanol–water partition coefficient (Wildman–Crippen LogP) is 3.46. The molecule has 0 amide bonds. The van der Waals surface area contributed by atoms with Crippen molar-refractivity contribution in [2.24, 2.45) is 0 Å². The first-order valence-corrected chi connectivity index (χ1v) is 6.08. The van der Waals surface area contributed by atoms with E-state index in [9.17, 15) is 0 Å². The molecular formula is C12H18BrNO. The van der Waals surface area contributed by atoms with Crippen molar-refractivity contribution in [2.45, 2.75) is 19.8 Å². The molecule has 0 unspecified atom stereocenters. The van der Waals surface area contributed by atoms with Crippen LogP contribution in [0.15, 0.2) is 22.7 Å². The molecule has 0 fully saturated rings. The average molecular weight is 272 g/mol. The monoisotopic (exact) mass is 271 g/mol. The predicted molar refractivity (Wildman–Crippen MR) is 68.5 cm³/mol. The Balaban J connectivity index is 2.52. The van der Waals surface area contributed by atoms with Gasteiger partial charge in [-0.1, -0.05) is 22.9 Å². The largest absolute Gasteiger partial charge is 0.385 e. The van der Waals surface area contributed by atoms with Crippen molar-refractivity contribution in [3.63, 3.8) is 0 Å². The fraction of sp³-hybridized carbons (Fsp3) is 0.500. The van der Waals surface area contributed by atoms with Gasteiger partial charge in [0.05, 0.1) is 0 Å². The second-order valence-corrected chi connectivity index (χ2v) is 4.34. The van der Waals surface area contributed by atoms with Crippen molar-refractivity contribution < 1.29 is 4.74 Å². The maximum Gasteiger partial charge on any atom is 0.0479 e. The van der Waals surface area contributed by atoms with Gasteiger partial charge in [-0.25, -0.2) is 0 Å². The van der Waals surface area contributed by atoms with E-state index in [2.05, 4.69) is 46.4 Å². The Labute approximate surface area is 100 Å². The maximum absolute atomic E-state index is 5.01. The van der Waals surface area contributed by atoms with E-state index in [-0.39, 0.29) is 0 Å². The number of hydrogen-bond donors (Lipinski definition) is 1. The summed E-state index contributed by atoms with van der Waals surface area (Å²) in [4.78, 5) is 0. The highest BCUT2D eigenvalue weighted by Gasteiger charge is 2.00. The summed E-state index contributed by atoms with van der Waals surface area (Å²) in [5, 5.41) is 3.43. The summed E-state index contributed by atoms with van der Waals surface area (Å²) in [6.07, 6.45) is 2.09. The summed E-state index contributed by atoms with van der Waals surface area (Å²) in [6, 6.07) is 6.35. The molecule has 0 spiro atoms. The lowest BCUT2D eigenvalue weighted by Crippen LogP contribution is -2.06. The van der Waals surface area contributed by atoms with Gasteiger partial charge in [-0.3, -0.25) is 0 Å². The zero-order valence-corrected chi connectivity index (χ0v) is 10.9. The van der Waals surface area contributed by atoms with E-state index in [0.717, 1.165) is 30.5 Å². The smallest absolute Gasteiger partial charge is 0.0479 e. The Bertz CT molecular complexity index is 302. The van der Waals surface area contributed by atoms with E-state index in [1.807, 2.05) is 0 Å². The molecule has 0 aliphatic carbocycles. The molecule has 2 nitrogen and oxygen atoms in total. The van der Waals surface area contributed by atoms with Crippen LogP contribution in [0.2, 0.25) is 0 Å². The zero-order valence-electron chi connectivity index (χ0n) is 9.35. The highest BCUT2D eigenvalue weighted by Crippen LogP contribution is 2.21. The number of benzene rings is 1. The Morgan fingerprint density at radius 1 is 1.40 bits per heavy atom. The third-order valence-corrected chi connectivity index (χ3v) is 2.78. The quantitative estimate of drug-likeness (QED) is 0.801. The minimum Gasteiger partial charge on any atom is -0.385 e. The summed E-state index contributed by atoms with van der Waals surface area (Å²) in [6.45, 7) is 3.94. The van der Waals surface area contributed by atoms with Crippen molar-refractivity contribution in [3.05, 3.63) is 28.2 Å². The van der Waals surface area contributed by atoms with Crippen LogP contribution >= 0.6 is 15.9 Å². The van der Waals surface area contributed by atoms with Gasteiger partial charge in [-0.15, -0.1) is 0 Å². The molecule has 1 aromatic carbocycles. The number of rotatable bonds is 6. The second-order valence-electron chi connectivity index (χ2n) is 3.43. The van der Waals surface area contributed by atoms with E-state index in [1.165, 1.54) is 11.3 Å². The molecule has 84 valence electrons. The molecule has 0 aliphatic heterocycles. The van der Waals surface area contributed by atoms with Crippen LogP contribution in [-0.2, 0) is 11.2 Å². The number of anilines is 1. The minimum atomic E-state index is 0.811. The third-order valence-electron chi connectivity index (χ3n) is 2.29. The number of aryl methyl sites for hydroxylation is 1. The molecule has 1 rings (SSSR count). The van der Waals surface area contributed by atoms with Gasteiger partial charge in [0.2, 0.25) is 0 Å². The number of hydrogen-bond acceptors (Lipinski definition) is 2. The summed E-state index contributed by atoms with van der Waals surface area (Å²) in [5.41, 5.74) is 2.58. The average Bonchev–Trinajstić information content (AvgIpc) is 2.26. The zero-order chi connectivity index (χ0) is 11.1. The number of nitrogens with one attached hydrogen (secondary N) is 1. The van der Waals surface area contributed by atoms with Crippen LogP contribution in [0.1, 0.15) is 18.9 Å². The molecule has 0 aromatic heterocycles. The first kappa shape index (κ1) is 12.5. The van der Waals surface area contributed by atoms with Crippen LogP contribution < -0.4 is 5.32 Å². The molecule has 0 bridgehead atoms. The van der Waals surface area contributed by atoms with E-state index >= 15 is 0 Å². The molecule has 0 heterocycles. The Kier molecular flexibility index (Phi) is 5.73. The maximum atomic E-state index is 5.01. The lowest BCUT2D eigenvalue weighted by molar-refractivity contribution is 0.198. The fourth-order valence-electron chi connectivity index (χ4n) is 1.47. The third kappa shape index (κ3) is 4.22. The normalized spacial score (nSPS) is 10.3. The highest BCUT2D eigenvalue weighted by atomic mass is 79.9. The molecular weight excluding hydrogens is 254 g/mol. The fourth-order valence-corrected chi connectivity index (χ4v) is 1.88. The van der Waals surface area contributed by atoms with Gasteiger partial charge < -0.3 is 10.1 Å². The van der Waals surface area contributed by atoms with E-state index in [0.29, 0.717) is 0 Å². The minimum absolute atomic E-state index is 0.811. The standard InChI is InChI=1S/C12H18BrNO/c1-3-10-9-11(13)5-6-12(10)14-7-4-8-15-2/h5-6,9,14H,3-4,7-8H2,1-2H3. The van der Waals surface area contributed by atoms with Gasteiger partial charge in [0.25, 0.3) is 0 Å². The van der Waals surface area contributed by atoms with Gasteiger partial charge in [-0.2, -0.15) is 0 Å². The van der Waals surface area contributed by atoms with Crippen molar-refractivity contribution in [2.75, 3.05) is 25.6 Å². The van der Waals surface area contributed by atoms with Crippen LogP contribution in [-0.4, -0.2) is 20.3 Å². The van der Waals surface area contributed by atoms with Crippen molar-refractivity contribution in [3.8, 4) is 0 Å². The van der Waals surface area contributed by atoms with E-state index < -0.39 is 0 Å². The lowest BCUT2D eigenvalue weighted by Gasteiger charge is -2.11. The molecule has 3 heteroatoms. The summed E-state index contributed by atoms with van der Waals surface area (Å²) < 4.78 is 6.15. The number of methoxy groups -OCH3 is 1. The van der Waals surface area contributed by atoms with Gasteiger partial charge in [0.1, 0.15) is 0 Å². The topological polar surface area (TPSA) is 21.3 Å². The summed E-state index contributed by atoms with van der Waals surface area (Å²) >= 11 is 3.48. The van der Waals surface area contributed by atoms with Crippen LogP contribution in [0, 0.1) is 0 Å². The Morgan fingerprint density at radius 3 is 2.87 bits per heavy atom. The molecule has 0 aliphatic rings. The van der Waals surface area contributed by atoms with Gasteiger partial charge >= 0.3 is 0 Å². The molecule has 0 saturated heterocycles. The second kappa shape index (κ2) is 6.85. The van der Waals surface area contributed by atoms with Crippen molar-refractivity contribution in [1.82, 2.24) is 0 Å². The molecule has 1 N–H and O–H groups in total. The lowest BCUT2D eigenvalue weighted by atomic mass is 10.1. The van der Waals surface area contributed by atoms with Crippen LogP contribution in [0.25, 0.3) is 0 Å². The molecule has 1 aromatic rings. The van der Waals surface area contributed by atoms with Crippen LogP contribution in [0.5, 0.6) is 0 Å². The molecule has 0 atom stereocenters. The van der Waals surface area contributed by atoms with Crippen LogP contribution in [0.4, 0.5) is 5.69 Å². The molecule has 0 radical (unpaired) electrons. The van der Waals surface area contributed by atoms with E-state index in [1.54, 1.807) is 7.11 Å². The van der Waals surface area contributed by atoms with Crippen molar-refractivity contribution in [1.29, 1.82) is 0 Å². The Morgan fingerprint density at radius 2 is 2.20 bits per heavy atom. The molecule has 0 saturated carbocycles. The van der Waals surface area contributed by atoms with Crippen LogP contribution in [0.3, 0.4) is 0 Å². The summed E-state index contributed by atoms with van der Waals surface area (Å²) in [7, 11) is 1.73.